The number of nitrogens with one attached hydrogen (secondary N) is 2. The number of hydrogen-bond acceptors (Lipinski definition) is 8. The van der Waals surface area contributed by atoms with E-state index in [1.54, 1.807) is 30.3 Å². The van der Waals surface area contributed by atoms with E-state index >= 15 is 0 Å². The number of amides is 2. The van der Waals surface area contributed by atoms with E-state index in [2.05, 4.69) is 15.4 Å². The van der Waals surface area contributed by atoms with Gasteiger partial charge in [0.25, 0.3) is 0 Å². The van der Waals surface area contributed by atoms with Gasteiger partial charge < -0.3 is 30.6 Å². The Balaban J connectivity index is 1.29. The van der Waals surface area contributed by atoms with Gasteiger partial charge in [0.15, 0.2) is 6.04 Å². The lowest BCUT2D eigenvalue weighted by molar-refractivity contribution is -0.200. The summed E-state index contributed by atoms with van der Waals surface area (Å²) in [6, 6.07) is 20.6. The van der Waals surface area contributed by atoms with Gasteiger partial charge in [-0.2, -0.15) is 13.2 Å². The van der Waals surface area contributed by atoms with Crippen LogP contribution in [0.2, 0.25) is 0 Å². The van der Waals surface area contributed by atoms with Gasteiger partial charge >= 0.3 is 24.2 Å². The van der Waals surface area contributed by atoms with E-state index < -0.39 is 55.4 Å². The van der Waals surface area contributed by atoms with Crippen molar-refractivity contribution in [1.29, 1.82) is 0 Å². The van der Waals surface area contributed by atoms with Crippen LogP contribution in [0.4, 0.5) is 18.0 Å². The Labute approximate surface area is 244 Å². The van der Waals surface area contributed by atoms with Crippen molar-refractivity contribution >= 4 is 23.9 Å². The zero-order valence-electron chi connectivity index (χ0n) is 22.6. The molecule has 0 fully saturated rings. The topological polar surface area (TPSA) is 146 Å². The van der Waals surface area contributed by atoms with E-state index in [0.717, 1.165) is 22.3 Å². The Hall–Kier alpha value is -4.91. The third-order valence-corrected chi connectivity index (χ3v) is 6.58. The maximum Gasteiger partial charge on any atom is 0.490 e. The largest absolute Gasteiger partial charge is 0.490 e. The third-order valence-electron chi connectivity index (χ3n) is 6.58. The highest BCUT2D eigenvalue weighted by atomic mass is 19.4. The van der Waals surface area contributed by atoms with Gasteiger partial charge in [-0.25, -0.2) is 14.4 Å². The quantitative estimate of drug-likeness (QED) is 0.225. The minimum Gasteiger partial charge on any atom is -0.459 e. The average Bonchev–Trinajstić information content (AvgIpc) is 3.32. The second-order valence-corrected chi connectivity index (χ2v) is 9.56. The molecule has 13 heteroatoms. The molecule has 2 amide bonds. The van der Waals surface area contributed by atoms with Crippen molar-refractivity contribution in [2.75, 3.05) is 19.8 Å². The molecular weight excluding hydrogens is 571 g/mol. The first-order valence-corrected chi connectivity index (χ1v) is 13.1. The van der Waals surface area contributed by atoms with Crippen molar-refractivity contribution < 1.29 is 46.6 Å². The number of esters is 2. The fraction of sp³-hybridized carbons (Fsp3) is 0.267. The number of alkyl halides is 3. The molecule has 4 N–H and O–H groups in total. The zero-order chi connectivity index (χ0) is 31.0. The first-order chi connectivity index (χ1) is 20.5. The van der Waals surface area contributed by atoms with E-state index in [1.807, 2.05) is 48.5 Å². The fourth-order valence-electron chi connectivity index (χ4n) is 4.45. The average molecular weight is 600 g/mol. The molecule has 0 unspecified atom stereocenters. The Kier molecular flexibility index (Phi) is 9.99. The van der Waals surface area contributed by atoms with Crippen molar-refractivity contribution in [2.45, 2.75) is 30.8 Å². The number of fused-ring (bicyclic) bond motifs is 3. The molecule has 43 heavy (non-hydrogen) atoms. The number of alkyl carbamates (subject to hydrolysis) is 1. The maximum absolute atomic E-state index is 12.6. The molecule has 226 valence electrons. The zero-order valence-corrected chi connectivity index (χ0v) is 22.6. The lowest BCUT2D eigenvalue weighted by atomic mass is 9.98. The molecule has 0 radical (unpaired) electrons. The smallest absolute Gasteiger partial charge is 0.459 e. The number of carbonyl (C=O) groups is 4. The molecular formula is C30H28F3N3O7. The normalized spacial score (nSPS) is 13.6. The summed E-state index contributed by atoms with van der Waals surface area (Å²) in [5.74, 6) is -4.94. The Bertz CT molecular complexity index is 1420. The molecule has 1 aliphatic carbocycles. The van der Waals surface area contributed by atoms with Crippen molar-refractivity contribution in [1.82, 2.24) is 10.6 Å². The van der Waals surface area contributed by atoms with Gasteiger partial charge in [0.05, 0.1) is 0 Å². The van der Waals surface area contributed by atoms with E-state index in [-0.39, 0.29) is 19.1 Å². The molecule has 4 rings (SSSR count). The summed E-state index contributed by atoms with van der Waals surface area (Å²) < 4.78 is 52.4. The van der Waals surface area contributed by atoms with Crippen molar-refractivity contribution in [3.63, 3.8) is 0 Å². The van der Waals surface area contributed by atoms with E-state index in [1.165, 1.54) is 0 Å². The highest BCUT2D eigenvalue weighted by Gasteiger charge is 2.42. The molecule has 3 aromatic rings. The molecule has 10 nitrogen and oxygen atoms in total. The highest BCUT2D eigenvalue weighted by Crippen LogP contribution is 2.44. The summed E-state index contributed by atoms with van der Waals surface area (Å²) in [4.78, 5) is 48.8. The Morgan fingerprint density at radius 3 is 2.00 bits per heavy atom. The minimum absolute atomic E-state index is 0.0151. The maximum atomic E-state index is 12.6. The SMILES string of the molecule is N[C@@H](CNC(=O)OCC1c2ccccc2-c2ccccc21)C(=O)N[C@@H](COC(=O)C(F)(F)F)C(=O)OCc1ccccc1. The van der Waals surface area contributed by atoms with Crippen LogP contribution >= 0.6 is 0 Å². The molecule has 0 heterocycles. The monoisotopic (exact) mass is 599 g/mol. The van der Waals surface area contributed by atoms with Crippen LogP contribution < -0.4 is 16.4 Å². The van der Waals surface area contributed by atoms with Crippen LogP contribution in [0.15, 0.2) is 78.9 Å². The highest BCUT2D eigenvalue weighted by molar-refractivity contribution is 5.88. The number of ether oxygens (including phenoxy) is 3. The number of benzene rings is 3. The van der Waals surface area contributed by atoms with E-state index in [0.29, 0.717) is 5.56 Å². The molecule has 0 bridgehead atoms. The van der Waals surface area contributed by atoms with Crippen LogP contribution in [0.25, 0.3) is 11.1 Å². The first kappa shape index (κ1) is 31.0. The standard InChI is InChI=1S/C30H28F3N3O7/c31-30(32,33)28(39)42-17-25(27(38)41-15-18-8-2-1-3-9-18)36-26(37)24(34)14-35-29(40)43-16-23-21-12-6-4-10-19(21)20-11-5-7-13-22(20)23/h1-13,23-25H,14-17,34H2,(H,35,40)(H,36,37)/t24-,25-/m0/s1. The molecule has 1 aliphatic rings. The van der Waals surface area contributed by atoms with Gasteiger partial charge in [0, 0.05) is 12.5 Å². The number of carbonyl (C=O) groups excluding carboxylic acids is 4. The molecule has 0 aromatic heterocycles. The Morgan fingerprint density at radius 2 is 1.40 bits per heavy atom. The molecule has 0 spiro atoms. The van der Waals surface area contributed by atoms with Crippen molar-refractivity contribution in [3.05, 3.63) is 95.6 Å². The first-order valence-electron chi connectivity index (χ1n) is 13.1. The summed E-state index contributed by atoms with van der Waals surface area (Å²) >= 11 is 0. The number of rotatable bonds is 11. The van der Waals surface area contributed by atoms with Crippen LogP contribution in [-0.4, -0.2) is 62.0 Å². The van der Waals surface area contributed by atoms with Crippen LogP contribution in [0, 0.1) is 0 Å². The van der Waals surface area contributed by atoms with Gasteiger partial charge in [-0.1, -0.05) is 78.9 Å². The summed E-state index contributed by atoms with van der Waals surface area (Å²) in [5, 5.41) is 4.46. The summed E-state index contributed by atoms with van der Waals surface area (Å²) in [5.41, 5.74) is 10.5. The van der Waals surface area contributed by atoms with Crippen LogP contribution in [-0.2, 0) is 35.2 Å². The lowest BCUT2D eigenvalue weighted by Gasteiger charge is -2.20. The molecule has 0 aliphatic heterocycles. The third kappa shape index (κ3) is 8.10. The summed E-state index contributed by atoms with van der Waals surface area (Å²) in [6.07, 6.45) is -6.17. The Morgan fingerprint density at radius 1 is 0.814 bits per heavy atom. The van der Waals surface area contributed by atoms with Gasteiger partial charge in [0.1, 0.15) is 25.9 Å². The van der Waals surface area contributed by atoms with Crippen molar-refractivity contribution in [3.8, 4) is 11.1 Å². The lowest BCUT2D eigenvalue weighted by Crippen LogP contribution is -2.54. The van der Waals surface area contributed by atoms with Gasteiger partial charge in [-0.15, -0.1) is 0 Å². The second kappa shape index (κ2) is 13.8. The predicted octanol–water partition coefficient (Wildman–Crippen LogP) is 3.19. The van der Waals surface area contributed by atoms with E-state index in [4.69, 9.17) is 15.2 Å². The van der Waals surface area contributed by atoms with E-state index in [9.17, 15) is 32.3 Å². The number of nitrogens with two attached hydrogens (primary N) is 1. The number of halogens is 3. The molecule has 0 saturated heterocycles. The van der Waals surface area contributed by atoms with Crippen LogP contribution in [0.1, 0.15) is 22.6 Å². The second-order valence-electron chi connectivity index (χ2n) is 9.56. The summed E-state index contributed by atoms with van der Waals surface area (Å²) in [6.45, 7) is -1.84. The minimum atomic E-state index is -5.31. The van der Waals surface area contributed by atoms with Gasteiger partial charge in [-0.3, -0.25) is 4.79 Å². The molecule has 0 saturated carbocycles. The number of hydrogen-bond donors (Lipinski definition) is 3. The van der Waals surface area contributed by atoms with Gasteiger partial charge in [0.2, 0.25) is 5.91 Å². The van der Waals surface area contributed by atoms with Gasteiger partial charge in [-0.05, 0) is 27.8 Å². The predicted molar refractivity (Wildman–Crippen MR) is 146 cm³/mol. The van der Waals surface area contributed by atoms with Crippen molar-refractivity contribution in [2.24, 2.45) is 5.73 Å². The fourth-order valence-corrected chi connectivity index (χ4v) is 4.45. The molecule has 2 atom stereocenters. The van der Waals surface area contributed by atoms with Crippen LogP contribution in [0.5, 0.6) is 0 Å². The summed E-state index contributed by atoms with van der Waals surface area (Å²) in [7, 11) is 0. The molecule has 3 aromatic carbocycles. The van der Waals surface area contributed by atoms with Crippen LogP contribution in [0.3, 0.4) is 0 Å².